The van der Waals surface area contributed by atoms with Crippen molar-refractivity contribution in [2.75, 3.05) is 31.1 Å². The Bertz CT molecular complexity index is 840. The van der Waals surface area contributed by atoms with Crippen LogP contribution >= 0.6 is 0 Å². The maximum atomic E-state index is 13.1. The van der Waals surface area contributed by atoms with Gasteiger partial charge in [-0.05, 0) is 24.3 Å². The van der Waals surface area contributed by atoms with Crippen molar-refractivity contribution in [1.82, 2.24) is 9.88 Å². The van der Waals surface area contributed by atoms with Gasteiger partial charge in [0.15, 0.2) is 0 Å². The van der Waals surface area contributed by atoms with Crippen molar-refractivity contribution >= 4 is 11.7 Å². The Morgan fingerprint density at radius 1 is 0.857 bits per heavy atom. The van der Waals surface area contributed by atoms with E-state index >= 15 is 0 Å². The maximum absolute atomic E-state index is 13.1. The Kier molecular flexibility index (Phi) is 5.22. The van der Waals surface area contributed by atoms with E-state index in [9.17, 15) is 31.1 Å². The summed E-state index contributed by atoms with van der Waals surface area (Å²) in [6.45, 7) is 0.762. The minimum atomic E-state index is -4.64. The molecule has 0 atom stereocenters. The second-order valence-electron chi connectivity index (χ2n) is 6.23. The zero-order chi connectivity index (χ0) is 20.5. The molecule has 150 valence electrons. The van der Waals surface area contributed by atoms with Crippen LogP contribution in [0.25, 0.3) is 0 Å². The summed E-state index contributed by atoms with van der Waals surface area (Å²) in [5.74, 6) is -0.413. The van der Waals surface area contributed by atoms with E-state index in [1.807, 2.05) is 0 Å². The number of rotatable bonds is 2. The molecule has 0 spiro atoms. The van der Waals surface area contributed by atoms with Gasteiger partial charge in [0.1, 0.15) is 5.82 Å². The average molecular weight is 403 g/mol. The first kappa shape index (κ1) is 20.0. The van der Waals surface area contributed by atoms with Gasteiger partial charge in [0.05, 0.1) is 16.7 Å². The molecule has 4 nitrogen and oxygen atoms in total. The Labute approximate surface area is 156 Å². The van der Waals surface area contributed by atoms with Crippen LogP contribution in [0.3, 0.4) is 0 Å². The summed E-state index contributed by atoms with van der Waals surface area (Å²) in [5.41, 5.74) is -2.28. The number of pyridine rings is 1. The summed E-state index contributed by atoms with van der Waals surface area (Å²) in [6, 6.07) is 6.72. The third-order valence-corrected chi connectivity index (χ3v) is 4.43. The van der Waals surface area contributed by atoms with E-state index < -0.39 is 35.0 Å². The molecule has 0 saturated carbocycles. The molecule has 10 heteroatoms. The van der Waals surface area contributed by atoms with Crippen molar-refractivity contribution in [3.63, 3.8) is 0 Å². The lowest BCUT2D eigenvalue weighted by Gasteiger charge is -2.35. The fraction of sp³-hybridized carbons (Fsp3) is 0.333. The lowest BCUT2D eigenvalue weighted by atomic mass is 10.1. The minimum absolute atomic E-state index is 0.133. The van der Waals surface area contributed by atoms with Crippen LogP contribution in [0.4, 0.5) is 32.2 Å². The first-order valence-electron chi connectivity index (χ1n) is 8.31. The molecule has 1 aromatic heterocycles. The van der Waals surface area contributed by atoms with Gasteiger partial charge in [-0.2, -0.15) is 26.3 Å². The molecule has 0 bridgehead atoms. The topological polar surface area (TPSA) is 36.4 Å². The Morgan fingerprint density at radius 3 is 2.04 bits per heavy atom. The third-order valence-electron chi connectivity index (χ3n) is 4.43. The summed E-state index contributed by atoms with van der Waals surface area (Å²) in [7, 11) is 0. The number of carbonyl (C=O) groups is 1. The monoisotopic (exact) mass is 403 g/mol. The molecule has 0 N–H and O–H groups in total. The maximum Gasteiger partial charge on any atom is 0.417 e. The number of carbonyl (C=O) groups excluding carboxylic acids is 1. The highest BCUT2D eigenvalue weighted by molar-refractivity contribution is 5.96. The molecule has 1 amide bonds. The smallest absolute Gasteiger partial charge is 0.353 e. The van der Waals surface area contributed by atoms with Gasteiger partial charge >= 0.3 is 12.4 Å². The van der Waals surface area contributed by atoms with Crippen LogP contribution in [0.1, 0.15) is 21.5 Å². The highest BCUT2D eigenvalue weighted by Gasteiger charge is 2.36. The van der Waals surface area contributed by atoms with Crippen LogP contribution in [0.15, 0.2) is 42.6 Å². The van der Waals surface area contributed by atoms with Crippen molar-refractivity contribution < 1.29 is 31.1 Å². The lowest BCUT2D eigenvalue weighted by Crippen LogP contribution is -2.49. The zero-order valence-corrected chi connectivity index (χ0v) is 14.4. The van der Waals surface area contributed by atoms with Gasteiger partial charge in [0.2, 0.25) is 0 Å². The predicted octanol–water partition coefficient (Wildman–Crippen LogP) is 4.08. The fourth-order valence-electron chi connectivity index (χ4n) is 2.97. The van der Waals surface area contributed by atoms with Crippen molar-refractivity contribution in [2.45, 2.75) is 12.4 Å². The first-order valence-corrected chi connectivity index (χ1v) is 8.31. The van der Waals surface area contributed by atoms with E-state index in [0.29, 0.717) is 5.82 Å². The van der Waals surface area contributed by atoms with E-state index in [2.05, 4.69) is 4.98 Å². The number of alkyl halides is 6. The van der Waals surface area contributed by atoms with Crippen LogP contribution in [-0.2, 0) is 12.4 Å². The van der Waals surface area contributed by atoms with Crippen LogP contribution < -0.4 is 4.90 Å². The molecule has 2 heterocycles. The molecule has 1 fully saturated rings. The highest BCUT2D eigenvalue weighted by atomic mass is 19.4. The number of nitrogens with zero attached hydrogens (tertiary/aromatic N) is 3. The van der Waals surface area contributed by atoms with E-state index in [4.69, 9.17) is 0 Å². The quantitative estimate of drug-likeness (QED) is 0.709. The van der Waals surface area contributed by atoms with E-state index in [1.54, 1.807) is 4.90 Å². The van der Waals surface area contributed by atoms with E-state index in [0.717, 1.165) is 24.4 Å². The number of amides is 1. The van der Waals surface area contributed by atoms with Gasteiger partial charge in [-0.25, -0.2) is 4.98 Å². The third kappa shape index (κ3) is 4.20. The molecule has 28 heavy (non-hydrogen) atoms. The number of benzene rings is 1. The summed E-state index contributed by atoms with van der Waals surface area (Å²) in [4.78, 5) is 19.3. The molecule has 1 aromatic carbocycles. The van der Waals surface area contributed by atoms with Crippen LogP contribution in [0, 0.1) is 0 Å². The molecular formula is C18H15F6N3O. The summed E-state index contributed by atoms with van der Waals surface area (Å²) in [6.07, 6.45) is -8.40. The number of halogens is 6. The highest BCUT2D eigenvalue weighted by Crippen LogP contribution is 2.33. The van der Waals surface area contributed by atoms with Crippen molar-refractivity contribution in [3.8, 4) is 0 Å². The molecule has 0 radical (unpaired) electrons. The van der Waals surface area contributed by atoms with Gasteiger partial charge in [0, 0.05) is 32.4 Å². The SMILES string of the molecule is O=C(c1ccccc1C(F)(F)F)N1CCN(c2ccc(C(F)(F)F)cn2)CC1. The van der Waals surface area contributed by atoms with Gasteiger partial charge in [-0.3, -0.25) is 4.79 Å². The van der Waals surface area contributed by atoms with Crippen LogP contribution in [-0.4, -0.2) is 42.0 Å². The molecular weight excluding hydrogens is 388 g/mol. The number of piperazine rings is 1. The van der Waals surface area contributed by atoms with Crippen molar-refractivity contribution in [3.05, 3.63) is 59.3 Å². The van der Waals surface area contributed by atoms with Gasteiger partial charge in [-0.15, -0.1) is 0 Å². The zero-order valence-electron chi connectivity index (χ0n) is 14.4. The predicted molar refractivity (Wildman–Crippen MR) is 88.8 cm³/mol. The van der Waals surface area contributed by atoms with Crippen LogP contribution in [0.2, 0.25) is 0 Å². The molecule has 1 aliphatic heterocycles. The molecule has 2 aromatic rings. The largest absolute Gasteiger partial charge is 0.417 e. The molecule has 1 aliphatic rings. The standard InChI is InChI=1S/C18H15F6N3O/c19-17(20,21)12-5-6-15(25-11-12)26-7-9-27(10-8-26)16(28)13-3-1-2-4-14(13)18(22,23)24/h1-6,11H,7-10H2. The Balaban J connectivity index is 1.68. The average Bonchev–Trinajstić information content (AvgIpc) is 2.66. The molecule has 1 saturated heterocycles. The molecule has 0 unspecified atom stereocenters. The molecule has 0 aliphatic carbocycles. The number of hydrogen-bond donors (Lipinski definition) is 0. The van der Waals surface area contributed by atoms with Crippen molar-refractivity contribution in [2.24, 2.45) is 0 Å². The number of anilines is 1. The summed E-state index contributed by atoms with van der Waals surface area (Å²) < 4.78 is 77.1. The van der Waals surface area contributed by atoms with Gasteiger partial charge in [-0.1, -0.05) is 12.1 Å². The molecule has 3 rings (SSSR count). The van der Waals surface area contributed by atoms with E-state index in [-0.39, 0.29) is 26.2 Å². The Hall–Kier alpha value is -2.78. The first-order chi connectivity index (χ1) is 13.1. The van der Waals surface area contributed by atoms with Gasteiger partial charge < -0.3 is 9.80 Å². The summed E-state index contributed by atoms with van der Waals surface area (Å²) in [5, 5.41) is 0. The van der Waals surface area contributed by atoms with Crippen molar-refractivity contribution in [1.29, 1.82) is 0 Å². The minimum Gasteiger partial charge on any atom is -0.353 e. The number of aromatic nitrogens is 1. The fourth-order valence-corrected chi connectivity index (χ4v) is 2.97. The van der Waals surface area contributed by atoms with Crippen LogP contribution in [0.5, 0.6) is 0 Å². The second-order valence-corrected chi connectivity index (χ2v) is 6.23. The van der Waals surface area contributed by atoms with E-state index in [1.165, 1.54) is 23.1 Å². The van der Waals surface area contributed by atoms with Gasteiger partial charge in [0.25, 0.3) is 5.91 Å². The normalized spacial score (nSPS) is 15.6. The summed E-state index contributed by atoms with van der Waals surface area (Å²) >= 11 is 0. The second kappa shape index (κ2) is 7.33. The Morgan fingerprint density at radius 2 is 1.50 bits per heavy atom. The lowest BCUT2D eigenvalue weighted by molar-refractivity contribution is -0.138. The number of hydrogen-bond acceptors (Lipinski definition) is 3.